The molecular formula is C18H28N2O3. The minimum absolute atomic E-state index is 0.0210. The second-order valence-electron chi connectivity index (χ2n) is 6.33. The molecule has 0 aromatic heterocycles. The number of carbonyl (C=O) groups is 1. The maximum Gasteiger partial charge on any atom is 0.315 e. The van der Waals surface area contributed by atoms with E-state index in [4.69, 9.17) is 4.74 Å². The van der Waals surface area contributed by atoms with Gasteiger partial charge in [0.05, 0.1) is 19.8 Å². The van der Waals surface area contributed by atoms with E-state index in [1.165, 1.54) is 18.4 Å². The molecule has 0 saturated heterocycles. The summed E-state index contributed by atoms with van der Waals surface area (Å²) in [5.41, 5.74) is 1.20. The highest BCUT2D eigenvalue weighted by Crippen LogP contribution is 2.41. The first-order chi connectivity index (χ1) is 11.1. The summed E-state index contributed by atoms with van der Waals surface area (Å²) in [4.78, 5) is 12.1. The number of ether oxygens (including phenoxy) is 1. The summed E-state index contributed by atoms with van der Waals surface area (Å²) < 4.78 is 5.34. The Balaban J connectivity index is 2.05. The van der Waals surface area contributed by atoms with Crippen molar-refractivity contribution in [2.75, 3.05) is 20.3 Å². The Morgan fingerprint density at radius 2 is 2.13 bits per heavy atom. The standard InChI is InChI=1S/C18H28N2O3/c1-3-15(12-21)20-17(22)19-13-18(9-4-5-10-18)14-7-6-8-16(11-14)23-2/h6-8,11,15,21H,3-5,9-10,12-13H2,1-2H3,(H2,19,20,22). The van der Waals surface area contributed by atoms with Gasteiger partial charge in [-0.3, -0.25) is 0 Å². The summed E-state index contributed by atoms with van der Waals surface area (Å²) in [5.74, 6) is 0.851. The highest BCUT2D eigenvalue weighted by Gasteiger charge is 2.36. The topological polar surface area (TPSA) is 70.6 Å². The lowest BCUT2D eigenvalue weighted by atomic mass is 9.78. The molecule has 1 fully saturated rings. The molecule has 1 atom stereocenters. The van der Waals surface area contributed by atoms with Gasteiger partial charge in [-0.1, -0.05) is 31.9 Å². The average Bonchev–Trinajstić information content (AvgIpc) is 3.08. The average molecular weight is 320 g/mol. The molecule has 1 saturated carbocycles. The first kappa shape index (κ1) is 17.6. The quantitative estimate of drug-likeness (QED) is 0.723. The fourth-order valence-electron chi connectivity index (χ4n) is 3.33. The molecular weight excluding hydrogens is 292 g/mol. The summed E-state index contributed by atoms with van der Waals surface area (Å²) in [7, 11) is 1.67. The van der Waals surface area contributed by atoms with Crippen molar-refractivity contribution in [1.82, 2.24) is 10.6 Å². The first-order valence-electron chi connectivity index (χ1n) is 8.43. The molecule has 2 amide bonds. The molecule has 0 radical (unpaired) electrons. The zero-order valence-corrected chi connectivity index (χ0v) is 14.1. The maximum absolute atomic E-state index is 12.1. The van der Waals surface area contributed by atoms with Crippen LogP contribution >= 0.6 is 0 Å². The fourth-order valence-corrected chi connectivity index (χ4v) is 3.33. The van der Waals surface area contributed by atoms with Crippen molar-refractivity contribution in [2.24, 2.45) is 0 Å². The minimum Gasteiger partial charge on any atom is -0.497 e. The summed E-state index contributed by atoms with van der Waals surface area (Å²) in [6.45, 7) is 2.51. The molecule has 3 N–H and O–H groups in total. The number of methoxy groups -OCH3 is 1. The van der Waals surface area contributed by atoms with Gasteiger partial charge in [-0.25, -0.2) is 4.79 Å². The molecule has 2 rings (SSSR count). The second-order valence-corrected chi connectivity index (χ2v) is 6.33. The van der Waals surface area contributed by atoms with Crippen LogP contribution in [0, 0.1) is 0 Å². The lowest BCUT2D eigenvalue weighted by molar-refractivity contribution is 0.212. The van der Waals surface area contributed by atoms with Crippen LogP contribution in [0.4, 0.5) is 4.79 Å². The van der Waals surface area contributed by atoms with Gasteiger partial charge >= 0.3 is 6.03 Å². The molecule has 23 heavy (non-hydrogen) atoms. The third-order valence-electron chi connectivity index (χ3n) is 4.88. The van der Waals surface area contributed by atoms with E-state index in [2.05, 4.69) is 22.8 Å². The summed E-state index contributed by atoms with van der Waals surface area (Å²) in [6.07, 6.45) is 5.20. The van der Waals surface area contributed by atoms with Crippen molar-refractivity contribution in [3.05, 3.63) is 29.8 Å². The number of hydrogen-bond acceptors (Lipinski definition) is 3. The highest BCUT2D eigenvalue weighted by molar-refractivity contribution is 5.74. The van der Waals surface area contributed by atoms with Crippen LogP contribution in [0.1, 0.15) is 44.6 Å². The van der Waals surface area contributed by atoms with Crippen LogP contribution in [0.5, 0.6) is 5.75 Å². The number of benzene rings is 1. The van der Waals surface area contributed by atoms with Crippen LogP contribution < -0.4 is 15.4 Å². The van der Waals surface area contributed by atoms with Crippen LogP contribution in [0.15, 0.2) is 24.3 Å². The summed E-state index contributed by atoms with van der Waals surface area (Å²) in [5, 5.41) is 15.0. The molecule has 0 heterocycles. The van der Waals surface area contributed by atoms with Crippen molar-refractivity contribution in [3.63, 3.8) is 0 Å². The molecule has 1 unspecified atom stereocenters. The Hall–Kier alpha value is -1.75. The van der Waals surface area contributed by atoms with Crippen LogP contribution in [-0.2, 0) is 5.41 Å². The van der Waals surface area contributed by atoms with E-state index in [0.717, 1.165) is 18.6 Å². The predicted molar refractivity (Wildman–Crippen MR) is 90.8 cm³/mol. The lowest BCUT2D eigenvalue weighted by Gasteiger charge is -2.30. The molecule has 5 nitrogen and oxygen atoms in total. The van der Waals surface area contributed by atoms with E-state index in [9.17, 15) is 9.90 Å². The minimum atomic E-state index is -0.208. The van der Waals surface area contributed by atoms with Gasteiger partial charge < -0.3 is 20.5 Å². The van der Waals surface area contributed by atoms with Crippen LogP contribution in [-0.4, -0.2) is 37.4 Å². The number of rotatable bonds is 7. The van der Waals surface area contributed by atoms with E-state index >= 15 is 0 Å². The Bertz CT molecular complexity index is 509. The molecule has 0 bridgehead atoms. The van der Waals surface area contributed by atoms with Gasteiger partial charge in [0.1, 0.15) is 5.75 Å². The molecule has 128 valence electrons. The molecule has 1 aliphatic carbocycles. The molecule has 1 aliphatic rings. The van der Waals surface area contributed by atoms with Crippen LogP contribution in [0.2, 0.25) is 0 Å². The van der Waals surface area contributed by atoms with Crippen LogP contribution in [0.25, 0.3) is 0 Å². The first-order valence-corrected chi connectivity index (χ1v) is 8.43. The van der Waals surface area contributed by atoms with E-state index in [-0.39, 0.29) is 24.1 Å². The third-order valence-corrected chi connectivity index (χ3v) is 4.88. The molecule has 1 aromatic rings. The Morgan fingerprint density at radius 3 is 2.74 bits per heavy atom. The van der Waals surface area contributed by atoms with Gasteiger partial charge in [-0.15, -0.1) is 0 Å². The SMILES string of the molecule is CCC(CO)NC(=O)NCC1(c2cccc(OC)c2)CCCC1. The van der Waals surface area contributed by atoms with Crippen molar-refractivity contribution >= 4 is 6.03 Å². The number of aliphatic hydroxyl groups is 1. The van der Waals surface area contributed by atoms with Crippen molar-refractivity contribution in [2.45, 2.75) is 50.5 Å². The lowest BCUT2D eigenvalue weighted by Crippen LogP contribution is -2.47. The number of urea groups is 1. The van der Waals surface area contributed by atoms with E-state index in [0.29, 0.717) is 13.0 Å². The van der Waals surface area contributed by atoms with E-state index in [1.807, 2.05) is 19.1 Å². The number of nitrogens with one attached hydrogen (secondary N) is 2. The zero-order valence-electron chi connectivity index (χ0n) is 14.1. The van der Waals surface area contributed by atoms with Crippen molar-refractivity contribution < 1.29 is 14.6 Å². The summed E-state index contributed by atoms with van der Waals surface area (Å²) >= 11 is 0. The normalized spacial score (nSPS) is 17.5. The van der Waals surface area contributed by atoms with Crippen molar-refractivity contribution in [3.8, 4) is 5.75 Å². The van der Waals surface area contributed by atoms with Crippen molar-refractivity contribution in [1.29, 1.82) is 0 Å². The molecule has 5 heteroatoms. The summed E-state index contributed by atoms with van der Waals surface area (Å²) in [6, 6.07) is 7.75. The molecule has 0 aliphatic heterocycles. The molecule has 0 spiro atoms. The third kappa shape index (κ3) is 4.38. The van der Waals surface area contributed by atoms with Gasteiger partial charge in [0.15, 0.2) is 0 Å². The van der Waals surface area contributed by atoms with E-state index < -0.39 is 0 Å². The largest absolute Gasteiger partial charge is 0.497 e. The Labute approximate surface area is 138 Å². The predicted octanol–water partition coefficient (Wildman–Crippen LogP) is 2.58. The van der Waals surface area contributed by atoms with Gasteiger partial charge in [-0.2, -0.15) is 0 Å². The maximum atomic E-state index is 12.1. The fraction of sp³-hybridized carbons (Fsp3) is 0.611. The Kier molecular flexibility index (Phi) is 6.28. The van der Waals surface area contributed by atoms with Gasteiger partial charge in [-0.05, 0) is 37.0 Å². The zero-order chi connectivity index (χ0) is 16.7. The monoisotopic (exact) mass is 320 g/mol. The van der Waals surface area contributed by atoms with Crippen LogP contribution in [0.3, 0.4) is 0 Å². The molecule has 1 aromatic carbocycles. The number of amides is 2. The number of aliphatic hydroxyl groups excluding tert-OH is 1. The highest BCUT2D eigenvalue weighted by atomic mass is 16.5. The second kappa shape index (κ2) is 8.20. The van der Waals surface area contributed by atoms with Gasteiger partial charge in [0.25, 0.3) is 0 Å². The smallest absolute Gasteiger partial charge is 0.315 e. The number of carbonyl (C=O) groups excluding carboxylic acids is 1. The number of hydrogen-bond donors (Lipinski definition) is 3. The Morgan fingerprint density at radius 1 is 1.39 bits per heavy atom. The van der Waals surface area contributed by atoms with Gasteiger partial charge in [0.2, 0.25) is 0 Å². The van der Waals surface area contributed by atoms with Gasteiger partial charge in [0, 0.05) is 12.0 Å². The van der Waals surface area contributed by atoms with E-state index in [1.54, 1.807) is 7.11 Å².